The van der Waals surface area contributed by atoms with Gasteiger partial charge >= 0.3 is 5.97 Å². The molecule has 0 aromatic heterocycles. The van der Waals surface area contributed by atoms with Crippen LogP contribution in [0.3, 0.4) is 0 Å². The first-order valence-electron chi connectivity index (χ1n) is 7.90. The molecule has 0 bridgehead atoms. The van der Waals surface area contributed by atoms with Crippen LogP contribution in [0, 0.1) is 22.9 Å². The molecule has 1 aromatic rings. The van der Waals surface area contributed by atoms with Crippen molar-refractivity contribution >= 4 is 21.7 Å². The fourth-order valence-corrected chi connectivity index (χ4v) is 4.50. The first-order valence-corrected chi connectivity index (χ1v) is 9.34. The third-order valence-corrected chi connectivity index (χ3v) is 6.43. The van der Waals surface area contributed by atoms with Crippen LogP contribution in [0.25, 0.3) is 0 Å². The van der Waals surface area contributed by atoms with E-state index >= 15 is 0 Å². The minimum atomic E-state index is -4.08. The fraction of sp³-hybridized carbons (Fsp3) is 0.533. The number of sulfonamides is 1. The summed E-state index contributed by atoms with van der Waals surface area (Å²) in [5, 5.41) is 19.8. The average Bonchev–Trinajstić information content (AvgIpc) is 2.56. The van der Waals surface area contributed by atoms with Crippen molar-refractivity contribution in [2.45, 2.75) is 30.7 Å². The molecule has 9 nitrogen and oxygen atoms in total. The van der Waals surface area contributed by atoms with E-state index < -0.39 is 37.3 Å². The molecule has 1 aromatic carbocycles. The van der Waals surface area contributed by atoms with Gasteiger partial charge in [0.25, 0.3) is 5.69 Å². The van der Waals surface area contributed by atoms with E-state index in [1.54, 1.807) is 11.9 Å². The van der Waals surface area contributed by atoms with Gasteiger partial charge in [0.2, 0.25) is 10.0 Å². The highest BCUT2D eigenvalue weighted by atomic mass is 32.2. The summed E-state index contributed by atoms with van der Waals surface area (Å²) in [5.41, 5.74) is -0.803. The minimum Gasteiger partial charge on any atom is -0.480 e. The van der Waals surface area contributed by atoms with Gasteiger partial charge in [0, 0.05) is 25.2 Å². The number of halogens is 1. The van der Waals surface area contributed by atoms with Gasteiger partial charge in [-0.1, -0.05) is 0 Å². The molecule has 0 saturated carbocycles. The predicted octanol–water partition coefficient (Wildman–Crippen LogP) is 1.21. The second-order valence-corrected chi connectivity index (χ2v) is 8.19. The van der Waals surface area contributed by atoms with E-state index in [1.807, 2.05) is 0 Å². The Balaban J connectivity index is 2.20. The Labute approximate surface area is 150 Å². The van der Waals surface area contributed by atoms with Gasteiger partial charge in [-0.3, -0.25) is 19.8 Å². The molecule has 26 heavy (non-hydrogen) atoms. The van der Waals surface area contributed by atoms with Crippen molar-refractivity contribution in [1.82, 2.24) is 9.21 Å². The quantitative estimate of drug-likeness (QED) is 0.573. The predicted molar refractivity (Wildman–Crippen MR) is 89.8 cm³/mol. The second-order valence-electron chi connectivity index (χ2n) is 6.25. The third kappa shape index (κ3) is 4.17. The van der Waals surface area contributed by atoms with Crippen LogP contribution >= 0.6 is 0 Å². The maximum absolute atomic E-state index is 13.9. The first-order chi connectivity index (χ1) is 12.0. The highest BCUT2D eigenvalue weighted by Gasteiger charge is 2.33. The summed E-state index contributed by atoms with van der Waals surface area (Å²) in [7, 11) is -2.42. The monoisotopic (exact) mass is 389 g/mol. The number of likely N-dealkylation sites (N-methyl/N-ethyl adjacent to an activating group) is 1. The number of carboxylic acids is 1. The molecule has 1 heterocycles. The Morgan fingerprint density at radius 2 is 2.00 bits per heavy atom. The van der Waals surface area contributed by atoms with Crippen LogP contribution < -0.4 is 0 Å². The molecule has 0 spiro atoms. The zero-order valence-electron chi connectivity index (χ0n) is 14.4. The molecule has 1 aliphatic heterocycles. The van der Waals surface area contributed by atoms with Gasteiger partial charge in [0.15, 0.2) is 0 Å². The van der Waals surface area contributed by atoms with Gasteiger partial charge in [-0.15, -0.1) is 0 Å². The lowest BCUT2D eigenvalue weighted by Crippen LogP contribution is -2.46. The van der Waals surface area contributed by atoms with Crippen LogP contribution in [0.1, 0.15) is 18.4 Å². The molecule has 144 valence electrons. The molecular weight excluding hydrogens is 369 g/mol. The molecule has 1 fully saturated rings. The standard InChI is InChI=1S/C15H20FN3O6S/c1-10-13(16)7-12(8-14(10)19(22)23)26(24,25)18-5-3-11(4-6-18)17(2)9-15(20)21/h7-8,11H,3-6,9H2,1-2H3,(H,20,21). The zero-order chi connectivity index (χ0) is 19.6. The average molecular weight is 389 g/mol. The maximum Gasteiger partial charge on any atom is 0.317 e. The van der Waals surface area contributed by atoms with Crippen molar-refractivity contribution in [2.24, 2.45) is 0 Å². The number of rotatable bonds is 6. The molecule has 1 N–H and O–H groups in total. The lowest BCUT2D eigenvalue weighted by atomic mass is 10.1. The van der Waals surface area contributed by atoms with Crippen molar-refractivity contribution in [3.8, 4) is 0 Å². The van der Waals surface area contributed by atoms with E-state index in [2.05, 4.69) is 0 Å². The van der Waals surface area contributed by atoms with Crippen LogP contribution in [0.5, 0.6) is 0 Å². The molecule has 0 atom stereocenters. The van der Waals surface area contributed by atoms with Crippen molar-refractivity contribution in [1.29, 1.82) is 0 Å². The number of hydrogen-bond donors (Lipinski definition) is 1. The zero-order valence-corrected chi connectivity index (χ0v) is 15.2. The lowest BCUT2D eigenvalue weighted by Gasteiger charge is -2.35. The van der Waals surface area contributed by atoms with E-state index in [0.717, 1.165) is 16.4 Å². The number of aliphatic carboxylic acids is 1. The Bertz CT molecular complexity index is 821. The smallest absolute Gasteiger partial charge is 0.317 e. The first kappa shape index (κ1) is 20.2. The van der Waals surface area contributed by atoms with Crippen molar-refractivity contribution < 1.29 is 27.6 Å². The molecule has 1 saturated heterocycles. The van der Waals surface area contributed by atoms with E-state index in [9.17, 15) is 27.7 Å². The molecule has 2 rings (SSSR count). The number of nitro benzene ring substituents is 1. The summed E-state index contributed by atoms with van der Waals surface area (Å²) in [6.07, 6.45) is 0.832. The van der Waals surface area contributed by atoms with Crippen LogP contribution in [-0.4, -0.2) is 66.3 Å². The summed E-state index contributed by atoms with van der Waals surface area (Å²) < 4.78 is 40.5. The van der Waals surface area contributed by atoms with Gasteiger partial charge in [0.05, 0.1) is 21.9 Å². The molecule has 1 aliphatic rings. The Kier molecular flexibility index (Phi) is 5.94. The van der Waals surface area contributed by atoms with Crippen LogP contribution in [-0.2, 0) is 14.8 Å². The minimum absolute atomic E-state index is 0.0818. The second kappa shape index (κ2) is 7.64. The molecular formula is C15H20FN3O6S. The highest BCUT2D eigenvalue weighted by molar-refractivity contribution is 7.89. The van der Waals surface area contributed by atoms with Crippen LogP contribution in [0.2, 0.25) is 0 Å². The topological polar surface area (TPSA) is 121 Å². The lowest BCUT2D eigenvalue weighted by molar-refractivity contribution is -0.385. The molecule has 0 amide bonds. The number of hydrogen-bond acceptors (Lipinski definition) is 6. The van der Waals surface area contributed by atoms with E-state index in [0.29, 0.717) is 12.8 Å². The van der Waals surface area contributed by atoms with E-state index in [4.69, 9.17) is 5.11 Å². The number of piperidine rings is 1. The largest absolute Gasteiger partial charge is 0.480 e. The summed E-state index contributed by atoms with van der Waals surface area (Å²) in [5.74, 6) is -1.92. The normalized spacial score (nSPS) is 16.8. The number of nitrogens with zero attached hydrogens (tertiary/aromatic N) is 3. The third-order valence-electron chi connectivity index (χ3n) is 4.56. The number of benzene rings is 1. The van der Waals surface area contributed by atoms with Gasteiger partial charge in [-0.2, -0.15) is 4.31 Å². The molecule has 11 heteroatoms. The summed E-state index contributed by atoms with van der Waals surface area (Å²) in [6, 6.07) is 1.58. The molecule has 0 unspecified atom stereocenters. The summed E-state index contributed by atoms with van der Waals surface area (Å²) >= 11 is 0. The van der Waals surface area contributed by atoms with Crippen molar-refractivity contribution in [2.75, 3.05) is 26.7 Å². The van der Waals surface area contributed by atoms with E-state index in [-0.39, 0.29) is 31.2 Å². The van der Waals surface area contributed by atoms with Crippen LogP contribution in [0.4, 0.5) is 10.1 Å². The summed E-state index contributed by atoms with van der Waals surface area (Å²) in [6.45, 7) is 1.32. The molecule has 0 aliphatic carbocycles. The number of carbonyl (C=O) groups is 1. The van der Waals surface area contributed by atoms with Crippen molar-refractivity contribution in [3.05, 3.63) is 33.6 Å². The van der Waals surface area contributed by atoms with Gasteiger partial charge in [-0.25, -0.2) is 12.8 Å². The highest BCUT2D eigenvalue weighted by Crippen LogP contribution is 2.29. The van der Waals surface area contributed by atoms with Crippen molar-refractivity contribution in [3.63, 3.8) is 0 Å². The summed E-state index contributed by atoms with van der Waals surface area (Å²) in [4.78, 5) is 22.2. The fourth-order valence-electron chi connectivity index (χ4n) is 2.99. The van der Waals surface area contributed by atoms with Gasteiger partial charge < -0.3 is 5.11 Å². The number of nitro groups is 1. The maximum atomic E-state index is 13.9. The van der Waals surface area contributed by atoms with Gasteiger partial charge in [0.1, 0.15) is 5.82 Å². The van der Waals surface area contributed by atoms with Crippen LogP contribution in [0.15, 0.2) is 17.0 Å². The Hall–Kier alpha value is -2.11. The Morgan fingerprint density at radius 1 is 1.42 bits per heavy atom. The molecule has 0 radical (unpaired) electrons. The van der Waals surface area contributed by atoms with Gasteiger partial charge in [-0.05, 0) is 32.9 Å². The number of carboxylic acid groups (broad SMARTS) is 1. The SMILES string of the molecule is Cc1c(F)cc(S(=O)(=O)N2CCC(N(C)CC(=O)O)CC2)cc1[N+](=O)[O-]. The Morgan fingerprint density at radius 3 is 2.50 bits per heavy atom. The van der Waals surface area contributed by atoms with E-state index in [1.165, 1.54) is 6.92 Å².